The number of hydrogen-bond acceptors (Lipinski definition) is 2. The van der Waals surface area contributed by atoms with E-state index in [2.05, 4.69) is 34.3 Å². The van der Waals surface area contributed by atoms with Crippen LogP contribution in [0.4, 0.5) is 0 Å². The van der Waals surface area contributed by atoms with Crippen LogP contribution in [0.15, 0.2) is 55.1 Å². The van der Waals surface area contributed by atoms with Gasteiger partial charge in [-0.05, 0) is 53.9 Å². The minimum Gasteiger partial charge on any atom is -0.481 e. The van der Waals surface area contributed by atoms with Gasteiger partial charge >= 0.3 is 11.9 Å². The molecule has 0 fully saturated rings. The van der Waals surface area contributed by atoms with E-state index in [-0.39, 0.29) is 25.7 Å². The number of carboxylic acids is 2. The minimum atomic E-state index is -0.966. The molecule has 2 rings (SSSR count). The van der Waals surface area contributed by atoms with Crippen molar-refractivity contribution in [3.05, 3.63) is 77.4 Å². The average Bonchev–Trinajstić information content (AvgIpc) is 2.67. The Bertz CT molecular complexity index is 837. The summed E-state index contributed by atoms with van der Waals surface area (Å²) in [5.74, 6) is -0.914. The molecule has 1 radical (unpaired) electrons. The third kappa shape index (κ3) is 10.6. The van der Waals surface area contributed by atoms with Crippen molar-refractivity contribution >= 4 is 17.5 Å². The van der Waals surface area contributed by atoms with Gasteiger partial charge in [0.05, 0.1) is 11.5 Å². The Morgan fingerprint density at radius 2 is 1.16 bits per heavy atom. The van der Waals surface area contributed by atoms with E-state index in [9.17, 15) is 9.59 Å². The fourth-order valence-corrected chi connectivity index (χ4v) is 2.99. The van der Waals surface area contributed by atoms with Crippen LogP contribution in [0.2, 0.25) is 0 Å². The van der Waals surface area contributed by atoms with Crippen LogP contribution in [0.25, 0.3) is 5.57 Å². The number of aliphatic carboxylic acids is 2. The summed E-state index contributed by atoms with van der Waals surface area (Å²) in [6.07, 6.45) is 2.06. The van der Waals surface area contributed by atoms with Gasteiger partial charge in [-0.25, -0.2) is 4.79 Å². The zero-order valence-corrected chi connectivity index (χ0v) is 21.4. The largest absolute Gasteiger partial charge is 0.481 e. The topological polar surface area (TPSA) is 74.6 Å². The van der Waals surface area contributed by atoms with Crippen LogP contribution in [-0.2, 0) is 42.5 Å². The second-order valence-corrected chi connectivity index (χ2v) is 8.48. The number of benzene rings is 2. The van der Waals surface area contributed by atoms with Crippen LogP contribution in [0.1, 0.15) is 62.8 Å². The van der Waals surface area contributed by atoms with E-state index in [4.69, 9.17) is 10.2 Å². The summed E-state index contributed by atoms with van der Waals surface area (Å²) in [5, 5.41) is 17.6. The molecule has 0 bridgehead atoms. The van der Waals surface area contributed by atoms with E-state index >= 15 is 0 Å². The molecule has 2 aromatic rings. The predicted octanol–water partition coefficient (Wildman–Crippen LogP) is 6.05. The zero-order valence-electron chi connectivity index (χ0n) is 19.0. The summed E-state index contributed by atoms with van der Waals surface area (Å²) in [4.78, 5) is 21.4. The van der Waals surface area contributed by atoms with Gasteiger partial charge in [0.15, 0.2) is 0 Å². The van der Waals surface area contributed by atoms with Gasteiger partial charge in [-0.2, -0.15) is 0 Å². The van der Waals surface area contributed by atoms with E-state index in [0.717, 1.165) is 18.4 Å². The van der Waals surface area contributed by atoms with E-state index < -0.39 is 17.9 Å². The summed E-state index contributed by atoms with van der Waals surface area (Å²) >= 11 is 0. The quantitative estimate of drug-likeness (QED) is 0.361. The molecule has 1 unspecified atom stereocenters. The second-order valence-electron chi connectivity index (χ2n) is 8.48. The summed E-state index contributed by atoms with van der Waals surface area (Å²) in [6, 6.07) is 15.4. The normalized spacial score (nSPS) is 11.2. The summed E-state index contributed by atoms with van der Waals surface area (Å²) < 4.78 is 0. The SMILES string of the molecule is C=C(C(=O)O)c1ccc(CC(C)C)cc1.CC(C)Cc1ccc(C(C)C(=O)O)cc1.[Ir]. The fraction of sp³-hybridized carbons (Fsp3) is 0.385. The first-order valence-corrected chi connectivity index (χ1v) is 10.3. The van der Waals surface area contributed by atoms with Crippen LogP contribution in [-0.4, -0.2) is 22.2 Å². The van der Waals surface area contributed by atoms with Gasteiger partial charge in [0.1, 0.15) is 0 Å². The predicted molar refractivity (Wildman–Crippen MR) is 123 cm³/mol. The number of hydrogen-bond donors (Lipinski definition) is 2. The molecule has 0 aliphatic heterocycles. The Hall–Kier alpha value is -2.23. The Morgan fingerprint density at radius 1 is 0.774 bits per heavy atom. The van der Waals surface area contributed by atoms with Crippen molar-refractivity contribution < 1.29 is 39.9 Å². The van der Waals surface area contributed by atoms with Crippen LogP contribution < -0.4 is 0 Å². The van der Waals surface area contributed by atoms with Crippen molar-refractivity contribution in [2.75, 3.05) is 0 Å². The number of carboxylic acid groups (broad SMARTS) is 2. The summed E-state index contributed by atoms with van der Waals surface area (Å²) in [6.45, 7) is 13.9. The molecule has 4 nitrogen and oxygen atoms in total. The Balaban J connectivity index is 0.000000562. The first-order chi connectivity index (χ1) is 14.0. The molecular formula is C26H34IrO4. The third-order valence-electron chi connectivity index (χ3n) is 4.70. The van der Waals surface area contributed by atoms with Gasteiger partial charge in [-0.3, -0.25) is 4.79 Å². The van der Waals surface area contributed by atoms with Gasteiger partial charge in [0.25, 0.3) is 0 Å². The maximum atomic E-state index is 10.8. The molecule has 2 aromatic carbocycles. The van der Waals surface area contributed by atoms with E-state index in [0.29, 0.717) is 17.4 Å². The van der Waals surface area contributed by atoms with Crippen molar-refractivity contribution in [1.29, 1.82) is 0 Å². The Kier molecular flexibility index (Phi) is 12.9. The van der Waals surface area contributed by atoms with E-state index in [1.54, 1.807) is 6.92 Å². The molecular weight excluding hydrogens is 568 g/mol. The molecule has 0 aliphatic carbocycles. The maximum absolute atomic E-state index is 10.8. The molecule has 0 amide bonds. The maximum Gasteiger partial charge on any atom is 0.335 e. The standard InChI is InChI=1S/C13H18O2.C13H16O2.Ir/c2*1-9(2)8-11-4-6-12(7-5-11)10(3)13(14)15;/h4-7,9-10H,8H2,1-3H3,(H,14,15);4-7,9H,3,8H2,1-2H3,(H,14,15);. The molecule has 5 heteroatoms. The van der Waals surface area contributed by atoms with Crippen molar-refractivity contribution in [3.63, 3.8) is 0 Å². The Morgan fingerprint density at radius 3 is 1.48 bits per heavy atom. The van der Waals surface area contributed by atoms with Crippen molar-refractivity contribution in [3.8, 4) is 0 Å². The van der Waals surface area contributed by atoms with Crippen molar-refractivity contribution in [2.45, 2.75) is 53.4 Å². The number of rotatable bonds is 8. The van der Waals surface area contributed by atoms with Gasteiger partial charge in [0, 0.05) is 20.1 Å². The minimum absolute atomic E-state index is 0. The summed E-state index contributed by atoms with van der Waals surface area (Å²) in [5.41, 5.74) is 4.19. The smallest absolute Gasteiger partial charge is 0.335 e. The fourth-order valence-electron chi connectivity index (χ4n) is 2.99. The molecule has 0 spiro atoms. The number of carbonyl (C=O) groups is 2. The van der Waals surface area contributed by atoms with Gasteiger partial charge in [0.2, 0.25) is 0 Å². The third-order valence-corrected chi connectivity index (χ3v) is 4.70. The molecule has 2 N–H and O–H groups in total. The molecule has 171 valence electrons. The average molecular weight is 603 g/mol. The van der Waals surface area contributed by atoms with Crippen molar-refractivity contribution in [1.82, 2.24) is 0 Å². The van der Waals surface area contributed by atoms with Gasteiger partial charge < -0.3 is 10.2 Å². The molecule has 31 heavy (non-hydrogen) atoms. The molecule has 0 aromatic heterocycles. The van der Waals surface area contributed by atoms with E-state index in [1.165, 1.54) is 11.1 Å². The molecule has 0 aliphatic rings. The van der Waals surface area contributed by atoms with E-state index in [1.807, 2.05) is 48.5 Å². The molecule has 1 atom stereocenters. The van der Waals surface area contributed by atoms with Crippen LogP contribution in [0, 0.1) is 11.8 Å². The van der Waals surface area contributed by atoms with Crippen molar-refractivity contribution in [2.24, 2.45) is 11.8 Å². The van der Waals surface area contributed by atoms with Crippen LogP contribution in [0.3, 0.4) is 0 Å². The summed E-state index contributed by atoms with van der Waals surface area (Å²) in [7, 11) is 0. The first-order valence-electron chi connectivity index (χ1n) is 10.3. The Labute approximate surface area is 199 Å². The van der Waals surface area contributed by atoms with Gasteiger partial charge in [-0.15, -0.1) is 0 Å². The van der Waals surface area contributed by atoms with Crippen LogP contribution >= 0.6 is 0 Å². The monoisotopic (exact) mass is 603 g/mol. The molecule has 0 saturated carbocycles. The molecule has 0 saturated heterocycles. The second kappa shape index (κ2) is 13.9. The molecule has 0 heterocycles. The van der Waals surface area contributed by atoms with Crippen LogP contribution in [0.5, 0.6) is 0 Å². The van der Waals surface area contributed by atoms with Gasteiger partial charge in [-0.1, -0.05) is 82.8 Å². The first kappa shape index (κ1) is 28.8. The zero-order chi connectivity index (χ0) is 22.8.